The maximum atomic E-state index is 12.7. The van der Waals surface area contributed by atoms with Gasteiger partial charge >= 0.3 is 6.18 Å². The van der Waals surface area contributed by atoms with Gasteiger partial charge in [-0.15, -0.1) is 0 Å². The summed E-state index contributed by atoms with van der Waals surface area (Å²) in [6.45, 7) is 1.97. The SMILES string of the molecule is CC1=NC2OCCCC2=C(C(F)(F)F)N1. The molecule has 2 aliphatic heterocycles. The molecule has 0 saturated carbocycles. The molecule has 0 spiro atoms. The number of hydrogen-bond donors (Lipinski definition) is 1. The molecular formula is C9H11F3N2O. The molecule has 1 N–H and O–H groups in total. The van der Waals surface area contributed by atoms with E-state index in [0.29, 0.717) is 19.4 Å². The Kier molecular flexibility index (Phi) is 2.46. The molecule has 0 aromatic heterocycles. The second-order valence-corrected chi connectivity index (χ2v) is 3.56. The summed E-state index contributed by atoms with van der Waals surface area (Å²) in [5.41, 5.74) is -0.473. The van der Waals surface area contributed by atoms with E-state index < -0.39 is 18.1 Å². The number of alkyl halides is 3. The van der Waals surface area contributed by atoms with Gasteiger partial charge in [0, 0.05) is 12.2 Å². The zero-order valence-corrected chi connectivity index (χ0v) is 8.19. The molecule has 0 aromatic rings. The minimum Gasteiger partial charge on any atom is -0.352 e. The third-order valence-corrected chi connectivity index (χ3v) is 2.39. The average Bonchev–Trinajstić information content (AvgIpc) is 2.15. The smallest absolute Gasteiger partial charge is 0.352 e. The predicted molar refractivity (Wildman–Crippen MR) is 48.3 cm³/mol. The van der Waals surface area contributed by atoms with Gasteiger partial charge in [0.2, 0.25) is 0 Å². The lowest BCUT2D eigenvalue weighted by molar-refractivity contribution is -0.0990. The molecule has 1 atom stereocenters. The van der Waals surface area contributed by atoms with Gasteiger partial charge in [0.1, 0.15) is 11.5 Å². The van der Waals surface area contributed by atoms with Crippen LogP contribution in [0.4, 0.5) is 13.2 Å². The van der Waals surface area contributed by atoms with Gasteiger partial charge in [-0.3, -0.25) is 0 Å². The molecule has 15 heavy (non-hydrogen) atoms. The van der Waals surface area contributed by atoms with E-state index in [4.69, 9.17) is 4.74 Å². The Morgan fingerprint density at radius 2 is 2.20 bits per heavy atom. The summed E-state index contributed by atoms with van der Waals surface area (Å²) in [4.78, 5) is 3.99. The van der Waals surface area contributed by atoms with Gasteiger partial charge in [0.15, 0.2) is 6.23 Å². The Morgan fingerprint density at radius 3 is 2.87 bits per heavy atom. The lowest BCUT2D eigenvalue weighted by Crippen LogP contribution is -2.40. The van der Waals surface area contributed by atoms with Crippen LogP contribution in [0.15, 0.2) is 16.3 Å². The Balaban J connectivity index is 2.36. The fourth-order valence-corrected chi connectivity index (χ4v) is 1.77. The highest BCUT2D eigenvalue weighted by molar-refractivity contribution is 5.83. The number of amidine groups is 1. The highest BCUT2D eigenvalue weighted by Gasteiger charge is 2.41. The number of hydrogen-bond acceptors (Lipinski definition) is 3. The molecule has 2 rings (SSSR count). The molecule has 1 fully saturated rings. The number of fused-ring (bicyclic) bond motifs is 1. The van der Waals surface area contributed by atoms with Crippen LogP contribution >= 0.6 is 0 Å². The standard InChI is InChI=1S/C9H11F3N2O/c1-5-13-7(9(10,11)12)6-3-2-4-15-8(6)14-5/h8H,2-4H2,1H3,(H,13,14). The van der Waals surface area contributed by atoms with Gasteiger partial charge < -0.3 is 10.1 Å². The van der Waals surface area contributed by atoms with Crippen LogP contribution < -0.4 is 5.32 Å². The van der Waals surface area contributed by atoms with Crippen molar-refractivity contribution in [2.24, 2.45) is 4.99 Å². The lowest BCUT2D eigenvalue weighted by atomic mass is 10.0. The van der Waals surface area contributed by atoms with Crippen LogP contribution in [0, 0.1) is 0 Å². The fraction of sp³-hybridized carbons (Fsp3) is 0.667. The molecule has 3 nitrogen and oxygen atoms in total. The van der Waals surface area contributed by atoms with E-state index in [1.807, 2.05) is 0 Å². The topological polar surface area (TPSA) is 33.6 Å². The summed E-state index contributed by atoms with van der Waals surface area (Å²) >= 11 is 0. The van der Waals surface area contributed by atoms with E-state index in [0.717, 1.165) is 0 Å². The van der Waals surface area contributed by atoms with Gasteiger partial charge in [0.25, 0.3) is 0 Å². The number of aliphatic imine (C=N–C) groups is 1. The normalized spacial score (nSPS) is 26.9. The summed E-state index contributed by atoms with van der Waals surface area (Å²) in [7, 11) is 0. The summed E-state index contributed by atoms with van der Waals surface area (Å²) in [5.74, 6) is 0.248. The Hall–Kier alpha value is -1.04. The Morgan fingerprint density at radius 1 is 1.47 bits per heavy atom. The molecule has 0 amide bonds. The Labute approximate surface area is 85.0 Å². The number of nitrogens with one attached hydrogen (secondary N) is 1. The van der Waals surface area contributed by atoms with Crippen molar-refractivity contribution >= 4 is 5.84 Å². The highest BCUT2D eigenvalue weighted by atomic mass is 19.4. The summed E-state index contributed by atoms with van der Waals surface area (Å²) in [6.07, 6.45) is -4.09. The lowest BCUT2D eigenvalue weighted by Gasteiger charge is -2.31. The quantitative estimate of drug-likeness (QED) is 0.677. The average molecular weight is 220 g/mol. The number of halogens is 3. The molecule has 84 valence electrons. The van der Waals surface area contributed by atoms with Crippen molar-refractivity contribution in [3.05, 3.63) is 11.3 Å². The van der Waals surface area contributed by atoms with Crippen molar-refractivity contribution in [3.8, 4) is 0 Å². The third-order valence-electron chi connectivity index (χ3n) is 2.39. The van der Waals surface area contributed by atoms with Crippen LogP contribution in [0.2, 0.25) is 0 Å². The molecule has 0 radical (unpaired) electrons. The van der Waals surface area contributed by atoms with Crippen LogP contribution in [-0.4, -0.2) is 24.8 Å². The summed E-state index contributed by atoms with van der Waals surface area (Å²) in [6, 6.07) is 0. The molecule has 2 heterocycles. The fourth-order valence-electron chi connectivity index (χ4n) is 1.77. The van der Waals surface area contributed by atoms with E-state index >= 15 is 0 Å². The first-order chi connectivity index (χ1) is 6.98. The van der Waals surface area contributed by atoms with Crippen LogP contribution in [0.3, 0.4) is 0 Å². The molecule has 6 heteroatoms. The van der Waals surface area contributed by atoms with Crippen molar-refractivity contribution < 1.29 is 17.9 Å². The number of rotatable bonds is 0. The number of allylic oxidation sites excluding steroid dienone is 1. The van der Waals surface area contributed by atoms with Gasteiger partial charge in [-0.2, -0.15) is 13.2 Å². The van der Waals surface area contributed by atoms with Crippen molar-refractivity contribution in [2.75, 3.05) is 6.61 Å². The third kappa shape index (κ3) is 1.99. The number of ether oxygens (including phenoxy) is 1. The van der Waals surface area contributed by atoms with E-state index in [2.05, 4.69) is 10.3 Å². The first kappa shape index (κ1) is 10.5. The minimum absolute atomic E-state index is 0.222. The predicted octanol–water partition coefficient (Wildman–Crippen LogP) is 1.96. The first-order valence-corrected chi connectivity index (χ1v) is 4.72. The summed E-state index contributed by atoms with van der Waals surface area (Å²) < 4.78 is 43.2. The zero-order chi connectivity index (χ0) is 11.1. The van der Waals surface area contributed by atoms with Crippen LogP contribution in [-0.2, 0) is 4.74 Å². The van der Waals surface area contributed by atoms with Crippen LogP contribution in [0.1, 0.15) is 19.8 Å². The van der Waals surface area contributed by atoms with Crippen molar-refractivity contribution in [3.63, 3.8) is 0 Å². The van der Waals surface area contributed by atoms with Gasteiger partial charge in [-0.1, -0.05) is 0 Å². The molecular weight excluding hydrogens is 209 g/mol. The molecule has 1 saturated heterocycles. The van der Waals surface area contributed by atoms with E-state index in [1.165, 1.54) is 6.92 Å². The van der Waals surface area contributed by atoms with Gasteiger partial charge in [-0.05, 0) is 19.8 Å². The Bertz CT molecular complexity index is 333. The largest absolute Gasteiger partial charge is 0.431 e. The van der Waals surface area contributed by atoms with Crippen molar-refractivity contribution in [1.82, 2.24) is 5.32 Å². The summed E-state index contributed by atoms with van der Waals surface area (Å²) in [5, 5.41) is 2.28. The molecule has 0 aliphatic carbocycles. The molecule has 0 aromatic carbocycles. The maximum absolute atomic E-state index is 12.7. The van der Waals surface area contributed by atoms with E-state index in [9.17, 15) is 13.2 Å². The molecule has 2 aliphatic rings. The van der Waals surface area contributed by atoms with E-state index in [1.54, 1.807) is 0 Å². The molecule has 1 unspecified atom stereocenters. The van der Waals surface area contributed by atoms with Crippen molar-refractivity contribution in [2.45, 2.75) is 32.2 Å². The second kappa shape index (κ2) is 3.52. The van der Waals surface area contributed by atoms with Gasteiger partial charge in [-0.25, -0.2) is 4.99 Å². The van der Waals surface area contributed by atoms with Crippen molar-refractivity contribution in [1.29, 1.82) is 0 Å². The zero-order valence-electron chi connectivity index (χ0n) is 8.19. The maximum Gasteiger partial charge on any atom is 0.431 e. The first-order valence-electron chi connectivity index (χ1n) is 4.72. The monoisotopic (exact) mass is 220 g/mol. The van der Waals surface area contributed by atoms with E-state index in [-0.39, 0.29) is 11.4 Å². The second-order valence-electron chi connectivity index (χ2n) is 3.56. The van der Waals surface area contributed by atoms with Crippen LogP contribution in [0.5, 0.6) is 0 Å². The molecule has 0 bridgehead atoms. The highest BCUT2D eigenvalue weighted by Crippen LogP contribution is 2.34. The minimum atomic E-state index is -4.36. The van der Waals surface area contributed by atoms with Gasteiger partial charge in [0.05, 0.1) is 0 Å². The number of nitrogens with zero attached hydrogens (tertiary/aromatic N) is 1. The van der Waals surface area contributed by atoms with Crippen LogP contribution in [0.25, 0.3) is 0 Å².